The summed E-state index contributed by atoms with van der Waals surface area (Å²) in [5.41, 5.74) is 1.17. The van der Waals surface area contributed by atoms with Crippen molar-refractivity contribution >= 4 is 18.3 Å². The van der Waals surface area contributed by atoms with E-state index in [0.717, 1.165) is 44.7 Å². The van der Waals surface area contributed by atoms with Gasteiger partial charge in [0.15, 0.2) is 0 Å². The number of piperidine rings is 1. The lowest BCUT2D eigenvalue weighted by atomic mass is 9.94. The number of ether oxygens (including phenoxy) is 1. The standard InChI is InChI=1S/C18H28N2O2.ClH/c1-3-12-22-16-7-4-15(5-8-16)6-9-18(21)20-17-13-19-11-10-14(17)2;/h4-5,7-8,14,17,19H,3,6,9-13H2,1-2H3,(H,20,21);1H. The summed E-state index contributed by atoms with van der Waals surface area (Å²) in [7, 11) is 0. The molecule has 1 heterocycles. The van der Waals surface area contributed by atoms with Gasteiger partial charge in [0.2, 0.25) is 5.91 Å². The Morgan fingerprint density at radius 1 is 1.35 bits per heavy atom. The molecule has 0 spiro atoms. The van der Waals surface area contributed by atoms with E-state index in [1.54, 1.807) is 0 Å². The molecule has 0 bridgehead atoms. The van der Waals surface area contributed by atoms with Crippen LogP contribution in [0.2, 0.25) is 0 Å². The molecule has 23 heavy (non-hydrogen) atoms. The van der Waals surface area contributed by atoms with Crippen LogP contribution in [0, 0.1) is 5.92 Å². The van der Waals surface area contributed by atoms with Gasteiger partial charge in [0.1, 0.15) is 5.75 Å². The molecule has 0 aliphatic carbocycles. The summed E-state index contributed by atoms with van der Waals surface area (Å²) >= 11 is 0. The zero-order valence-electron chi connectivity index (χ0n) is 14.1. The monoisotopic (exact) mass is 340 g/mol. The highest BCUT2D eigenvalue weighted by Crippen LogP contribution is 2.14. The summed E-state index contributed by atoms with van der Waals surface area (Å²) in [6.07, 6.45) is 3.45. The van der Waals surface area contributed by atoms with Crippen molar-refractivity contribution < 1.29 is 9.53 Å². The minimum Gasteiger partial charge on any atom is -0.494 e. The second-order valence-corrected chi connectivity index (χ2v) is 6.14. The number of rotatable bonds is 7. The van der Waals surface area contributed by atoms with E-state index >= 15 is 0 Å². The molecule has 2 N–H and O–H groups in total. The first-order chi connectivity index (χ1) is 10.7. The molecule has 1 aliphatic heterocycles. The summed E-state index contributed by atoms with van der Waals surface area (Å²) in [6.45, 7) is 6.99. The Labute approximate surface area is 145 Å². The molecule has 0 saturated carbocycles. The van der Waals surface area contributed by atoms with Crippen LogP contribution >= 0.6 is 12.4 Å². The topological polar surface area (TPSA) is 50.4 Å². The van der Waals surface area contributed by atoms with Gasteiger partial charge in [0.25, 0.3) is 0 Å². The first-order valence-corrected chi connectivity index (χ1v) is 8.41. The van der Waals surface area contributed by atoms with Crippen molar-refractivity contribution in [3.8, 4) is 5.75 Å². The zero-order valence-corrected chi connectivity index (χ0v) is 15.0. The van der Waals surface area contributed by atoms with Crippen molar-refractivity contribution in [1.82, 2.24) is 10.6 Å². The maximum absolute atomic E-state index is 12.1. The van der Waals surface area contributed by atoms with Gasteiger partial charge in [0, 0.05) is 19.0 Å². The molecule has 2 unspecified atom stereocenters. The van der Waals surface area contributed by atoms with Gasteiger partial charge in [-0.25, -0.2) is 0 Å². The zero-order chi connectivity index (χ0) is 15.8. The van der Waals surface area contributed by atoms with E-state index in [9.17, 15) is 4.79 Å². The second-order valence-electron chi connectivity index (χ2n) is 6.14. The molecule has 0 aromatic heterocycles. The third kappa shape index (κ3) is 6.80. The summed E-state index contributed by atoms with van der Waals surface area (Å²) in [5, 5.41) is 6.49. The van der Waals surface area contributed by atoms with Gasteiger partial charge < -0.3 is 15.4 Å². The van der Waals surface area contributed by atoms with Gasteiger partial charge in [-0.3, -0.25) is 4.79 Å². The molecule has 1 aliphatic rings. The van der Waals surface area contributed by atoms with Crippen molar-refractivity contribution in [2.24, 2.45) is 5.92 Å². The Bertz CT molecular complexity index is 465. The van der Waals surface area contributed by atoms with Crippen LogP contribution in [-0.2, 0) is 11.2 Å². The van der Waals surface area contributed by atoms with Crippen molar-refractivity contribution in [3.63, 3.8) is 0 Å². The van der Waals surface area contributed by atoms with Crippen molar-refractivity contribution in [3.05, 3.63) is 29.8 Å². The van der Waals surface area contributed by atoms with E-state index in [1.165, 1.54) is 5.56 Å². The number of nitrogens with one attached hydrogen (secondary N) is 2. The van der Waals surface area contributed by atoms with Crippen molar-refractivity contribution in [1.29, 1.82) is 0 Å². The molecule has 2 atom stereocenters. The highest BCUT2D eigenvalue weighted by Gasteiger charge is 2.22. The number of hydrogen-bond acceptors (Lipinski definition) is 3. The molecular formula is C18H29ClN2O2. The van der Waals surface area contributed by atoms with E-state index in [1.807, 2.05) is 24.3 Å². The Morgan fingerprint density at radius 3 is 2.74 bits per heavy atom. The van der Waals surface area contributed by atoms with Crippen LogP contribution in [-0.4, -0.2) is 31.6 Å². The highest BCUT2D eigenvalue weighted by atomic mass is 35.5. The molecular weight excluding hydrogens is 312 g/mol. The summed E-state index contributed by atoms with van der Waals surface area (Å²) in [4.78, 5) is 12.1. The van der Waals surface area contributed by atoms with Crippen LogP contribution in [0.4, 0.5) is 0 Å². The Hall–Kier alpha value is -1.26. The lowest BCUT2D eigenvalue weighted by Crippen LogP contribution is -2.50. The fraction of sp³-hybridized carbons (Fsp3) is 0.611. The van der Waals surface area contributed by atoms with Gasteiger partial charge >= 0.3 is 0 Å². The lowest BCUT2D eigenvalue weighted by Gasteiger charge is -2.30. The predicted molar refractivity (Wildman–Crippen MR) is 96.4 cm³/mol. The number of carbonyl (C=O) groups excluding carboxylic acids is 1. The van der Waals surface area contributed by atoms with Crippen LogP contribution < -0.4 is 15.4 Å². The molecule has 1 saturated heterocycles. The van der Waals surface area contributed by atoms with Crippen LogP contribution in [0.3, 0.4) is 0 Å². The first-order valence-electron chi connectivity index (χ1n) is 8.41. The molecule has 0 radical (unpaired) electrons. The average molecular weight is 341 g/mol. The Balaban J connectivity index is 0.00000264. The third-order valence-electron chi connectivity index (χ3n) is 4.21. The summed E-state index contributed by atoms with van der Waals surface area (Å²) in [5.74, 6) is 1.60. The largest absolute Gasteiger partial charge is 0.494 e. The fourth-order valence-corrected chi connectivity index (χ4v) is 2.69. The minimum atomic E-state index is 0. The van der Waals surface area contributed by atoms with Crippen LogP contribution in [0.15, 0.2) is 24.3 Å². The van der Waals surface area contributed by atoms with E-state index in [0.29, 0.717) is 12.3 Å². The quantitative estimate of drug-likeness (QED) is 0.802. The van der Waals surface area contributed by atoms with Crippen LogP contribution in [0.1, 0.15) is 38.7 Å². The molecule has 4 nitrogen and oxygen atoms in total. The molecule has 1 aromatic rings. The molecule has 1 amide bonds. The number of halogens is 1. The Morgan fingerprint density at radius 2 is 2.09 bits per heavy atom. The first kappa shape index (κ1) is 19.8. The van der Waals surface area contributed by atoms with Gasteiger partial charge in [-0.2, -0.15) is 0 Å². The fourth-order valence-electron chi connectivity index (χ4n) is 2.69. The number of amides is 1. The van der Waals surface area contributed by atoms with Gasteiger partial charge in [-0.1, -0.05) is 26.0 Å². The number of benzene rings is 1. The molecule has 1 aromatic carbocycles. The summed E-state index contributed by atoms with van der Waals surface area (Å²) < 4.78 is 5.56. The van der Waals surface area contributed by atoms with Crippen LogP contribution in [0.25, 0.3) is 0 Å². The third-order valence-corrected chi connectivity index (χ3v) is 4.21. The molecule has 2 rings (SSSR count). The maximum atomic E-state index is 12.1. The van der Waals surface area contributed by atoms with E-state index < -0.39 is 0 Å². The average Bonchev–Trinajstić information content (AvgIpc) is 2.54. The van der Waals surface area contributed by atoms with Crippen LogP contribution in [0.5, 0.6) is 5.75 Å². The van der Waals surface area contributed by atoms with Gasteiger partial charge in [-0.05, 0) is 49.4 Å². The predicted octanol–water partition coefficient (Wildman–Crippen LogP) is 2.94. The summed E-state index contributed by atoms with van der Waals surface area (Å²) in [6, 6.07) is 8.32. The van der Waals surface area contributed by atoms with Crippen molar-refractivity contribution in [2.75, 3.05) is 19.7 Å². The smallest absolute Gasteiger partial charge is 0.220 e. The maximum Gasteiger partial charge on any atom is 0.220 e. The number of aryl methyl sites for hydroxylation is 1. The SMILES string of the molecule is CCCOc1ccc(CCC(=O)NC2CNCCC2C)cc1.Cl. The molecule has 1 fully saturated rings. The van der Waals surface area contributed by atoms with E-state index in [2.05, 4.69) is 24.5 Å². The number of hydrogen-bond donors (Lipinski definition) is 2. The molecule has 5 heteroatoms. The minimum absolute atomic E-state index is 0. The highest BCUT2D eigenvalue weighted by molar-refractivity contribution is 5.85. The van der Waals surface area contributed by atoms with Crippen molar-refractivity contribution in [2.45, 2.75) is 45.6 Å². The number of carbonyl (C=O) groups is 1. The van der Waals surface area contributed by atoms with Gasteiger partial charge in [-0.15, -0.1) is 12.4 Å². The lowest BCUT2D eigenvalue weighted by molar-refractivity contribution is -0.122. The Kier molecular flexibility index (Phi) is 9.03. The van der Waals surface area contributed by atoms with E-state index in [4.69, 9.17) is 4.74 Å². The second kappa shape index (κ2) is 10.5. The molecule has 130 valence electrons. The van der Waals surface area contributed by atoms with Gasteiger partial charge in [0.05, 0.1) is 6.61 Å². The normalized spacial score (nSPS) is 20.4. The van der Waals surface area contributed by atoms with E-state index in [-0.39, 0.29) is 24.4 Å².